The molecule has 23 heavy (non-hydrogen) atoms. The minimum absolute atomic E-state index is 0. The van der Waals surface area contributed by atoms with Crippen molar-refractivity contribution in [3.05, 3.63) is 29.8 Å². The summed E-state index contributed by atoms with van der Waals surface area (Å²) in [4.78, 5) is 15.9. The molecule has 6 nitrogen and oxygen atoms in total. The van der Waals surface area contributed by atoms with Crippen molar-refractivity contribution >= 4 is 24.3 Å². The first-order valence-corrected chi connectivity index (χ1v) is 7.43. The lowest BCUT2D eigenvalue weighted by atomic mass is 9.87. The normalized spacial score (nSPS) is 11.0. The molecule has 1 heterocycles. The average molecular weight is 338 g/mol. The number of rotatable bonds is 5. The Labute approximate surface area is 142 Å². The van der Waals surface area contributed by atoms with Crippen LogP contribution in [0.25, 0.3) is 11.4 Å². The number of H-pyrrole nitrogens is 1. The van der Waals surface area contributed by atoms with Gasteiger partial charge in [0.2, 0.25) is 11.9 Å². The predicted molar refractivity (Wildman–Crippen MR) is 94.7 cm³/mol. The number of aromatic nitrogens is 3. The highest BCUT2D eigenvalue weighted by Crippen LogP contribution is 2.24. The quantitative estimate of drug-likeness (QED) is 0.781. The van der Waals surface area contributed by atoms with Crippen molar-refractivity contribution < 1.29 is 4.79 Å². The molecular formula is C16H24ClN5O. The summed E-state index contributed by atoms with van der Waals surface area (Å²) in [5.74, 6) is 0.797. The number of aromatic amines is 1. The largest absolute Gasteiger partial charge is 0.330 e. The maximum Gasteiger partial charge on any atom is 0.249 e. The summed E-state index contributed by atoms with van der Waals surface area (Å²) in [5, 5.41) is 9.51. The highest BCUT2D eigenvalue weighted by Gasteiger charge is 2.14. The number of anilines is 1. The van der Waals surface area contributed by atoms with Crippen LogP contribution in [0.5, 0.6) is 0 Å². The van der Waals surface area contributed by atoms with Gasteiger partial charge >= 0.3 is 0 Å². The Balaban J connectivity index is 0.00000264. The van der Waals surface area contributed by atoms with Gasteiger partial charge in [0.15, 0.2) is 5.82 Å². The van der Waals surface area contributed by atoms with E-state index in [9.17, 15) is 4.79 Å². The molecule has 126 valence electrons. The fraction of sp³-hybridized carbons (Fsp3) is 0.438. The monoisotopic (exact) mass is 337 g/mol. The molecule has 0 bridgehead atoms. The van der Waals surface area contributed by atoms with Gasteiger partial charge in [0.25, 0.3) is 0 Å². The van der Waals surface area contributed by atoms with E-state index in [2.05, 4.69) is 53.4 Å². The number of nitrogens with zero attached hydrogens (tertiary/aromatic N) is 2. The molecule has 2 aromatic rings. The predicted octanol–water partition coefficient (Wildman–Crippen LogP) is 2.87. The summed E-state index contributed by atoms with van der Waals surface area (Å²) in [6.45, 7) is 7.01. The van der Waals surface area contributed by atoms with Crippen molar-refractivity contribution in [2.24, 2.45) is 5.73 Å². The maximum atomic E-state index is 11.6. The molecule has 0 atom stereocenters. The molecular weight excluding hydrogens is 314 g/mol. The van der Waals surface area contributed by atoms with Crippen LogP contribution in [0, 0.1) is 0 Å². The summed E-state index contributed by atoms with van der Waals surface area (Å²) in [6, 6.07) is 8.16. The van der Waals surface area contributed by atoms with E-state index in [1.54, 1.807) is 0 Å². The van der Waals surface area contributed by atoms with Crippen molar-refractivity contribution in [3.63, 3.8) is 0 Å². The van der Waals surface area contributed by atoms with Gasteiger partial charge in [0.05, 0.1) is 0 Å². The zero-order chi connectivity index (χ0) is 16.2. The maximum absolute atomic E-state index is 11.6. The minimum atomic E-state index is -0.126. The summed E-state index contributed by atoms with van der Waals surface area (Å²) < 4.78 is 0. The van der Waals surface area contributed by atoms with Crippen LogP contribution in [0.15, 0.2) is 24.3 Å². The third-order valence-electron chi connectivity index (χ3n) is 3.37. The second kappa shape index (κ2) is 8.08. The lowest BCUT2D eigenvalue weighted by molar-refractivity contribution is -0.116. The Morgan fingerprint density at radius 1 is 1.26 bits per heavy atom. The number of nitrogens with two attached hydrogens (primary N) is 1. The zero-order valence-corrected chi connectivity index (χ0v) is 14.5. The molecule has 4 N–H and O–H groups in total. The fourth-order valence-corrected chi connectivity index (χ4v) is 2.02. The Hall–Kier alpha value is -1.92. The molecule has 0 saturated carbocycles. The molecule has 0 aliphatic rings. The number of halogens is 1. The molecule has 0 unspecified atom stereocenters. The molecule has 1 amide bonds. The summed E-state index contributed by atoms with van der Waals surface area (Å²) in [7, 11) is 0. The van der Waals surface area contributed by atoms with Crippen LogP contribution in [0.2, 0.25) is 0 Å². The Kier molecular flexibility index (Phi) is 6.72. The highest BCUT2D eigenvalue weighted by molar-refractivity contribution is 5.89. The molecule has 1 aromatic heterocycles. The van der Waals surface area contributed by atoms with Crippen molar-refractivity contribution in [2.75, 3.05) is 11.9 Å². The van der Waals surface area contributed by atoms with Gasteiger partial charge < -0.3 is 5.73 Å². The number of amides is 1. The number of nitrogens with one attached hydrogen (secondary N) is 2. The summed E-state index contributed by atoms with van der Waals surface area (Å²) in [5.41, 5.74) is 7.68. The van der Waals surface area contributed by atoms with Gasteiger partial charge in [-0.2, -0.15) is 4.98 Å². The molecule has 0 aliphatic carbocycles. The second-order valence-corrected chi connectivity index (χ2v) is 6.28. The van der Waals surface area contributed by atoms with E-state index in [0.29, 0.717) is 25.2 Å². The van der Waals surface area contributed by atoms with Crippen molar-refractivity contribution in [1.29, 1.82) is 0 Å². The SMILES string of the molecule is CC(C)(C)c1ccc(-c2nc(NC(=O)CCCN)n[nH]2)cc1.Cl. The van der Waals surface area contributed by atoms with Crippen LogP contribution in [-0.2, 0) is 10.2 Å². The standard InChI is InChI=1S/C16H23N5O.ClH/c1-16(2,3)12-8-6-11(7-9-12)14-19-15(21-20-14)18-13(22)5-4-10-17;/h6-9H,4-5,10,17H2,1-3H3,(H2,18,19,20,21,22);1H. The molecule has 0 radical (unpaired) electrons. The smallest absolute Gasteiger partial charge is 0.249 e. The highest BCUT2D eigenvalue weighted by atomic mass is 35.5. The lowest BCUT2D eigenvalue weighted by Gasteiger charge is -2.18. The van der Waals surface area contributed by atoms with Gasteiger partial charge in [0, 0.05) is 12.0 Å². The first-order chi connectivity index (χ1) is 10.4. The first kappa shape index (κ1) is 19.1. The van der Waals surface area contributed by atoms with Crippen LogP contribution in [0.3, 0.4) is 0 Å². The van der Waals surface area contributed by atoms with Gasteiger partial charge in [0.1, 0.15) is 0 Å². The van der Waals surface area contributed by atoms with Gasteiger partial charge in [-0.15, -0.1) is 17.5 Å². The molecule has 7 heteroatoms. The zero-order valence-electron chi connectivity index (χ0n) is 13.7. The fourth-order valence-electron chi connectivity index (χ4n) is 2.02. The van der Waals surface area contributed by atoms with Crippen molar-refractivity contribution in [3.8, 4) is 11.4 Å². The van der Waals surface area contributed by atoms with E-state index in [1.807, 2.05) is 12.1 Å². The first-order valence-electron chi connectivity index (χ1n) is 7.43. The van der Waals surface area contributed by atoms with Crippen LogP contribution < -0.4 is 11.1 Å². The Bertz CT molecular complexity index is 631. The van der Waals surface area contributed by atoms with E-state index in [-0.39, 0.29) is 29.7 Å². The summed E-state index contributed by atoms with van der Waals surface area (Å²) in [6.07, 6.45) is 1.03. The number of hydrogen-bond acceptors (Lipinski definition) is 4. The van der Waals surface area contributed by atoms with Gasteiger partial charge in [-0.1, -0.05) is 45.0 Å². The van der Waals surface area contributed by atoms with Crippen LogP contribution in [0.4, 0.5) is 5.95 Å². The van der Waals surface area contributed by atoms with Gasteiger partial charge in [-0.3, -0.25) is 15.2 Å². The van der Waals surface area contributed by atoms with E-state index >= 15 is 0 Å². The van der Waals surface area contributed by atoms with Crippen molar-refractivity contribution in [1.82, 2.24) is 15.2 Å². The topological polar surface area (TPSA) is 96.7 Å². The third-order valence-corrected chi connectivity index (χ3v) is 3.37. The second-order valence-electron chi connectivity index (χ2n) is 6.28. The number of carbonyl (C=O) groups excluding carboxylic acids is 1. The number of hydrogen-bond donors (Lipinski definition) is 3. The van der Waals surface area contributed by atoms with E-state index < -0.39 is 0 Å². The molecule has 1 aromatic carbocycles. The number of carbonyl (C=O) groups is 1. The lowest BCUT2D eigenvalue weighted by Crippen LogP contribution is -2.14. The van der Waals surface area contributed by atoms with E-state index in [4.69, 9.17) is 5.73 Å². The van der Waals surface area contributed by atoms with E-state index in [1.165, 1.54) is 5.56 Å². The van der Waals surface area contributed by atoms with Gasteiger partial charge in [-0.05, 0) is 23.9 Å². The number of benzene rings is 1. The van der Waals surface area contributed by atoms with Crippen LogP contribution in [0.1, 0.15) is 39.2 Å². The Morgan fingerprint density at radius 3 is 2.48 bits per heavy atom. The molecule has 0 aliphatic heterocycles. The molecule has 2 rings (SSSR count). The molecule has 0 fully saturated rings. The molecule has 0 saturated heterocycles. The van der Waals surface area contributed by atoms with Crippen molar-refractivity contribution in [2.45, 2.75) is 39.0 Å². The van der Waals surface area contributed by atoms with Crippen LogP contribution >= 0.6 is 12.4 Å². The molecule has 0 spiro atoms. The van der Waals surface area contributed by atoms with E-state index in [0.717, 1.165) is 5.56 Å². The van der Waals surface area contributed by atoms with Crippen LogP contribution in [-0.4, -0.2) is 27.6 Å². The Morgan fingerprint density at radius 2 is 1.91 bits per heavy atom. The third kappa shape index (κ3) is 5.33. The van der Waals surface area contributed by atoms with Gasteiger partial charge in [-0.25, -0.2) is 0 Å². The minimum Gasteiger partial charge on any atom is -0.330 e. The average Bonchev–Trinajstić information content (AvgIpc) is 2.93. The summed E-state index contributed by atoms with van der Waals surface area (Å²) >= 11 is 0.